The summed E-state index contributed by atoms with van der Waals surface area (Å²) in [4.78, 5) is 12.0. The van der Waals surface area contributed by atoms with Gasteiger partial charge in [-0.2, -0.15) is 5.26 Å². The van der Waals surface area contributed by atoms with E-state index in [9.17, 15) is 4.79 Å². The summed E-state index contributed by atoms with van der Waals surface area (Å²) in [6.07, 6.45) is 0.794. The number of carbonyl (C=O) groups excluding carboxylic acids is 1. The van der Waals surface area contributed by atoms with Crippen molar-refractivity contribution in [2.24, 2.45) is 0 Å². The van der Waals surface area contributed by atoms with Crippen LogP contribution in [-0.2, 0) is 6.54 Å². The van der Waals surface area contributed by atoms with Crippen molar-refractivity contribution in [1.82, 2.24) is 5.32 Å². The summed E-state index contributed by atoms with van der Waals surface area (Å²) in [6.45, 7) is 1.41. The molecule has 2 aromatic rings. The minimum atomic E-state index is -0.377. The van der Waals surface area contributed by atoms with Gasteiger partial charge in [-0.25, -0.2) is 4.79 Å². The summed E-state index contributed by atoms with van der Waals surface area (Å²) < 4.78 is 11.2. The number of nitrogens with one attached hydrogen (secondary N) is 2. The van der Waals surface area contributed by atoms with E-state index in [2.05, 4.69) is 10.6 Å². The van der Waals surface area contributed by atoms with Gasteiger partial charge in [0.2, 0.25) is 0 Å². The Morgan fingerprint density at radius 2 is 2.08 bits per heavy atom. The number of fused-ring (bicyclic) bond motifs is 1. The van der Waals surface area contributed by atoms with Crippen molar-refractivity contribution >= 4 is 23.3 Å². The van der Waals surface area contributed by atoms with Crippen molar-refractivity contribution in [1.29, 1.82) is 5.26 Å². The molecule has 0 saturated carbocycles. The van der Waals surface area contributed by atoms with Crippen molar-refractivity contribution in [2.75, 3.05) is 18.5 Å². The Morgan fingerprint density at radius 3 is 2.92 bits per heavy atom. The number of anilines is 1. The molecule has 0 bridgehead atoms. The third-order valence-electron chi connectivity index (χ3n) is 3.56. The maximum absolute atomic E-state index is 12.0. The molecule has 0 fully saturated rings. The molecule has 2 N–H and O–H groups in total. The number of rotatable bonds is 3. The molecule has 1 aliphatic heterocycles. The van der Waals surface area contributed by atoms with Gasteiger partial charge in [0.25, 0.3) is 0 Å². The van der Waals surface area contributed by atoms with Gasteiger partial charge in [-0.1, -0.05) is 17.7 Å². The Balaban J connectivity index is 1.63. The molecule has 0 atom stereocenters. The highest BCUT2D eigenvalue weighted by Crippen LogP contribution is 2.37. The number of amides is 2. The fourth-order valence-corrected chi connectivity index (χ4v) is 2.70. The van der Waals surface area contributed by atoms with Crippen molar-refractivity contribution in [3.63, 3.8) is 0 Å². The van der Waals surface area contributed by atoms with Crippen LogP contribution in [0.3, 0.4) is 0 Å². The first-order chi connectivity index (χ1) is 12.2. The number of nitriles is 1. The number of ether oxygens (including phenoxy) is 2. The zero-order valence-corrected chi connectivity index (χ0v) is 14.1. The van der Waals surface area contributed by atoms with E-state index in [0.717, 1.165) is 12.0 Å². The van der Waals surface area contributed by atoms with E-state index in [0.29, 0.717) is 41.0 Å². The van der Waals surface area contributed by atoms with Crippen LogP contribution in [0.15, 0.2) is 36.4 Å². The van der Waals surface area contributed by atoms with Gasteiger partial charge in [0.05, 0.1) is 29.9 Å². The van der Waals surface area contributed by atoms with Crippen LogP contribution < -0.4 is 20.1 Å². The normalized spacial score (nSPS) is 12.6. The summed E-state index contributed by atoms with van der Waals surface area (Å²) in [6, 6.07) is 11.9. The Bertz CT molecular complexity index is 833. The van der Waals surface area contributed by atoms with Gasteiger partial charge in [-0.05, 0) is 35.9 Å². The lowest BCUT2D eigenvalue weighted by molar-refractivity contribution is 0.251. The van der Waals surface area contributed by atoms with E-state index in [4.69, 9.17) is 26.3 Å². The highest BCUT2D eigenvalue weighted by atomic mass is 35.5. The van der Waals surface area contributed by atoms with Crippen LogP contribution in [0.5, 0.6) is 11.5 Å². The van der Waals surface area contributed by atoms with Crippen LogP contribution in [0.25, 0.3) is 0 Å². The Hall–Kier alpha value is -2.91. The first-order valence-corrected chi connectivity index (χ1v) is 8.16. The molecule has 128 valence electrons. The Morgan fingerprint density at radius 1 is 1.24 bits per heavy atom. The van der Waals surface area contributed by atoms with E-state index in [-0.39, 0.29) is 12.6 Å². The minimum Gasteiger partial charge on any atom is -0.489 e. The molecule has 1 aliphatic rings. The smallest absolute Gasteiger partial charge is 0.319 e. The zero-order chi connectivity index (χ0) is 17.6. The molecule has 0 spiro atoms. The average Bonchev–Trinajstić information content (AvgIpc) is 2.86. The maximum atomic E-state index is 12.0. The molecule has 0 saturated heterocycles. The van der Waals surface area contributed by atoms with Gasteiger partial charge < -0.3 is 20.1 Å². The predicted octanol–water partition coefficient (Wildman–Crippen LogP) is 3.69. The second kappa shape index (κ2) is 7.77. The monoisotopic (exact) mass is 357 g/mol. The number of hydrogen-bond acceptors (Lipinski definition) is 4. The van der Waals surface area contributed by atoms with Gasteiger partial charge in [-0.15, -0.1) is 0 Å². The van der Waals surface area contributed by atoms with Crippen LogP contribution in [0.2, 0.25) is 5.02 Å². The first-order valence-electron chi connectivity index (χ1n) is 7.79. The fraction of sp³-hybridized carbons (Fsp3) is 0.222. The SMILES string of the molecule is N#Cc1cccc(NC(=O)NCc2cc(Cl)c3c(c2)OCCCO3)c1. The van der Waals surface area contributed by atoms with Crippen LogP contribution in [-0.4, -0.2) is 19.2 Å². The molecule has 3 rings (SSSR count). The molecule has 0 aliphatic carbocycles. The molecule has 25 heavy (non-hydrogen) atoms. The molecule has 2 aromatic carbocycles. The molecule has 1 heterocycles. The molecule has 0 unspecified atom stereocenters. The first kappa shape index (κ1) is 16.9. The van der Waals surface area contributed by atoms with Gasteiger partial charge in [0.15, 0.2) is 11.5 Å². The third-order valence-corrected chi connectivity index (χ3v) is 3.85. The lowest BCUT2D eigenvalue weighted by Crippen LogP contribution is -2.28. The number of benzene rings is 2. The number of carbonyl (C=O) groups is 1. The standard InChI is InChI=1S/C18H16ClN3O3/c19-15-8-13(9-16-17(15)25-6-2-5-24-16)11-21-18(23)22-14-4-1-3-12(7-14)10-20/h1,3-4,7-9H,2,5-6,11H2,(H2,21,22,23). The predicted molar refractivity (Wildman–Crippen MR) is 94.1 cm³/mol. The largest absolute Gasteiger partial charge is 0.489 e. The molecule has 7 heteroatoms. The van der Waals surface area contributed by atoms with E-state index < -0.39 is 0 Å². The minimum absolute atomic E-state index is 0.278. The van der Waals surface area contributed by atoms with Crippen LogP contribution in [0.1, 0.15) is 17.5 Å². The summed E-state index contributed by atoms with van der Waals surface area (Å²) >= 11 is 6.23. The zero-order valence-electron chi connectivity index (χ0n) is 13.3. The van der Waals surface area contributed by atoms with E-state index in [1.165, 1.54) is 0 Å². The van der Waals surface area contributed by atoms with Crippen molar-refractivity contribution in [3.05, 3.63) is 52.5 Å². The Labute approximate surface area is 150 Å². The summed E-state index contributed by atoms with van der Waals surface area (Å²) in [5, 5.41) is 14.8. The van der Waals surface area contributed by atoms with Crippen LogP contribution in [0, 0.1) is 11.3 Å². The van der Waals surface area contributed by atoms with Gasteiger partial charge in [-0.3, -0.25) is 0 Å². The molecule has 2 amide bonds. The highest BCUT2D eigenvalue weighted by molar-refractivity contribution is 6.32. The fourth-order valence-electron chi connectivity index (χ4n) is 2.41. The van der Waals surface area contributed by atoms with Crippen LogP contribution in [0.4, 0.5) is 10.5 Å². The van der Waals surface area contributed by atoms with Gasteiger partial charge in [0, 0.05) is 18.7 Å². The Kier molecular flexibility index (Phi) is 5.26. The van der Waals surface area contributed by atoms with Crippen molar-refractivity contribution in [2.45, 2.75) is 13.0 Å². The quantitative estimate of drug-likeness (QED) is 0.877. The molecule has 0 radical (unpaired) electrons. The lowest BCUT2D eigenvalue weighted by Gasteiger charge is -2.12. The average molecular weight is 358 g/mol. The summed E-state index contributed by atoms with van der Waals surface area (Å²) in [7, 11) is 0. The summed E-state index contributed by atoms with van der Waals surface area (Å²) in [5.41, 5.74) is 1.83. The van der Waals surface area contributed by atoms with E-state index >= 15 is 0 Å². The molecule has 0 aromatic heterocycles. The summed E-state index contributed by atoms with van der Waals surface area (Å²) in [5.74, 6) is 1.13. The van der Waals surface area contributed by atoms with Gasteiger partial charge in [0.1, 0.15) is 0 Å². The van der Waals surface area contributed by atoms with E-state index in [1.54, 1.807) is 30.3 Å². The number of nitrogens with zero attached hydrogens (tertiary/aromatic N) is 1. The van der Waals surface area contributed by atoms with Crippen molar-refractivity contribution < 1.29 is 14.3 Å². The third kappa shape index (κ3) is 4.34. The van der Waals surface area contributed by atoms with Crippen LogP contribution >= 0.6 is 11.6 Å². The van der Waals surface area contributed by atoms with Crippen molar-refractivity contribution in [3.8, 4) is 17.6 Å². The second-order valence-corrected chi connectivity index (χ2v) is 5.86. The molecular weight excluding hydrogens is 342 g/mol. The van der Waals surface area contributed by atoms with E-state index in [1.807, 2.05) is 12.1 Å². The number of urea groups is 1. The van der Waals surface area contributed by atoms with Gasteiger partial charge >= 0.3 is 6.03 Å². The molecule has 6 nitrogen and oxygen atoms in total. The highest BCUT2D eigenvalue weighted by Gasteiger charge is 2.15. The second-order valence-electron chi connectivity index (χ2n) is 5.46. The number of halogens is 1. The lowest BCUT2D eigenvalue weighted by atomic mass is 10.2. The maximum Gasteiger partial charge on any atom is 0.319 e. The molecular formula is C18H16ClN3O3. The topological polar surface area (TPSA) is 83.4 Å². The number of hydrogen-bond donors (Lipinski definition) is 2.